The van der Waals surface area contributed by atoms with Gasteiger partial charge in [-0.2, -0.15) is 0 Å². The Morgan fingerprint density at radius 2 is 1.47 bits per heavy atom. The number of carbonyl (C=O) groups is 1. The highest BCUT2D eigenvalue weighted by Crippen LogP contribution is 2.47. The zero-order valence-electron chi connectivity index (χ0n) is 16.3. The first-order valence-corrected chi connectivity index (χ1v) is 10.7. The summed E-state index contributed by atoms with van der Waals surface area (Å²) in [5, 5.41) is 1.20. The zero-order valence-corrected chi connectivity index (χ0v) is 17.1. The maximum absolute atomic E-state index is 13.7. The van der Waals surface area contributed by atoms with Crippen LogP contribution in [0.1, 0.15) is 34.3 Å². The highest BCUT2D eigenvalue weighted by molar-refractivity contribution is 7.80. The molecule has 30 heavy (non-hydrogen) atoms. The number of hydrogen-bond donors (Lipinski definition) is 1. The van der Waals surface area contributed by atoms with Crippen molar-refractivity contribution in [3.63, 3.8) is 0 Å². The quantitative estimate of drug-likeness (QED) is 0.465. The SMILES string of the molecule is O=C1[C@H](c2ccccc2)C(=S)N2[C@@H](c3ccccc3)c3[nH]c4ccccc4c3C[C@@H]12. The van der Waals surface area contributed by atoms with Gasteiger partial charge in [-0.15, -0.1) is 0 Å². The second-order valence-corrected chi connectivity index (χ2v) is 8.51. The normalized spacial score (nSPS) is 22.9. The molecule has 0 unspecified atom stereocenters. The summed E-state index contributed by atoms with van der Waals surface area (Å²) in [5.41, 5.74) is 5.65. The van der Waals surface area contributed by atoms with Gasteiger partial charge in [0.2, 0.25) is 0 Å². The Morgan fingerprint density at radius 3 is 2.20 bits per heavy atom. The second kappa shape index (κ2) is 6.64. The molecule has 0 saturated carbocycles. The first-order valence-electron chi connectivity index (χ1n) is 10.3. The Balaban J connectivity index is 1.56. The number of ketones is 1. The average Bonchev–Trinajstić information content (AvgIpc) is 3.28. The maximum Gasteiger partial charge on any atom is 0.169 e. The predicted molar refractivity (Wildman–Crippen MR) is 123 cm³/mol. The van der Waals surface area contributed by atoms with E-state index in [-0.39, 0.29) is 23.8 Å². The third kappa shape index (κ3) is 2.44. The van der Waals surface area contributed by atoms with Crippen LogP contribution in [0.4, 0.5) is 0 Å². The van der Waals surface area contributed by atoms with E-state index >= 15 is 0 Å². The molecule has 2 aliphatic rings. The van der Waals surface area contributed by atoms with Gasteiger partial charge >= 0.3 is 0 Å². The Kier molecular flexibility index (Phi) is 3.90. The molecule has 1 N–H and O–H groups in total. The monoisotopic (exact) mass is 408 g/mol. The minimum Gasteiger partial charge on any atom is -0.356 e. The average molecular weight is 409 g/mol. The van der Waals surface area contributed by atoms with Crippen LogP contribution >= 0.6 is 12.2 Å². The number of carbonyl (C=O) groups excluding carboxylic acids is 1. The van der Waals surface area contributed by atoms with Gasteiger partial charge in [0.05, 0.1) is 23.0 Å². The van der Waals surface area contributed by atoms with Gasteiger partial charge in [0.15, 0.2) is 5.78 Å². The minimum atomic E-state index is -0.354. The van der Waals surface area contributed by atoms with Crippen LogP contribution in [0, 0.1) is 0 Å². The number of nitrogens with one attached hydrogen (secondary N) is 1. The topological polar surface area (TPSA) is 36.1 Å². The smallest absolute Gasteiger partial charge is 0.169 e. The highest BCUT2D eigenvalue weighted by Gasteiger charge is 2.51. The van der Waals surface area contributed by atoms with Gasteiger partial charge in [0.25, 0.3) is 0 Å². The van der Waals surface area contributed by atoms with Crippen molar-refractivity contribution in [1.82, 2.24) is 9.88 Å². The summed E-state index contributed by atoms with van der Waals surface area (Å²) in [6, 6.07) is 28.4. The van der Waals surface area contributed by atoms with E-state index in [4.69, 9.17) is 12.2 Å². The lowest BCUT2D eigenvalue weighted by Crippen LogP contribution is -2.43. The van der Waals surface area contributed by atoms with Gasteiger partial charge in [-0.05, 0) is 22.8 Å². The molecule has 3 aromatic carbocycles. The molecule has 3 heterocycles. The van der Waals surface area contributed by atoms with Crippen LogP contribution in [-0.2, 0) is 11.2 Å². The van der Waals surface area contributed by atoms with Crippen molar-refractivity contribution >= 4 is 33.9 Å². The molecule has 0 amide bonds. The summed E-state index contributed by atoms with van der Waals surface area (Å²) in [5.74, 6) is -0.143. The number of aromatic amines is 1. The molecular formula is C26H20N2OS. The Labute approximate surface area is 180 Å². The van der Waals surface area contributed by atoms with Gasteiger partial charge in [-0.1, -0.05) is 91.1 Å². The van der Waals surface area contributed by atoms with E-state index in [0.29, 0.717) is 6.42 Å². The molecule has 0 radical (unpaired) electrons. The number of nitrogens with zero attached hydrogens (tertiary/aromatic N) is 1. The molecule has 1 saturated heterocycles. The summed E-state index contributed by atoms with van der Waals surface area (Å²) in [7, 11) is 0. The van der Waals surface area contributed by atoms with Crippen LogP contribution in [0.2, 0.25) is 0 Å². The number of para-hydroxylation sites is 1. The summed E-state index contributed by atoms with van der Waals surface area (Å²) < 4.78 is 0. The van der Waals surface area contributed by atoms with E-state index in [0.717, 1.165) is 27.3 Å². The maximum atomic E-state index is 13.7. The third-order valence-corrected chi connectivity index (χ3v) is 6.94. The molecule has 3 nitrogen and oxygen atoms in total. The van der Waals surface area contributed by atoms with E-state index in [1.54, 1.807) is 0 Å². The molecule has 0 aliphatic carbocycles. The molecule has 0 bridgehead atoms. The molecule has 146 valence electrons. The van der Waals surface area contributed by atoms with Crippen molar-refractivity contribution in [2.24, 2.45) is 0 Å². The van der Waals surface area contributed by atoms with Crippen molar-refractivity contribution in [1.29, 1.82) is 0 Å². The lowest BCUT2D eigenvalue weighted by atomic mass is 9.87. The molecule has 1 aromatic heterocycles. The van der Waals surface area contributed by atoms with E-state index in [1.165, 1.54) is 10.9 Å². The summed E-state index contributed by atoms with van der Waals surface area (Å²) in [4.78, 5) is 20.2. The van der Waals surface area contributed by atoms with Gasteiger partial charge in [-0.3, -0.25) is 4.79 Å². The highest BCUT2D eigenvalue weighted by atomic mass is 32.1. The predicted octanol–water partition coefficient (Wildman–Crippen LogP) is 5.18. The second-order valence-electron chi connectivity index (χ2n) is 8.09. The van der Waals surface area contributed by atoms with Gasteiger partial charge < -0.3 is 9.88 Å². The third-order valence-electron chi connectivity index (χ3n) is 6.49. The molecule has 6 rings (SSSR count). The van der Waals surface area contributed by atoms with Crippen LogP contribution in [0.5, 0.6) is 0 Å². The number of H-pyrrole nitrogens is 1. The first-order chi connectivity index (χ1) is 14.7. The van der Waals surface area contributed by atoms with E-state index in [9.17, 15) is 4.79 Å². The van der Waals surface area contributed by atoms with Crippen LogP contribution in [-0.4, -0.2) is 26.7 Å². The largest absolute Gasteiger partial charge is 0.356 e. The minimum absolute atomic E-state index is 0.0856. The molecular weight excluding hydrogens is 388 g/mol. The zero-order chi connectivity index (χ0) is 20.2. The van der Waals surface area contributed by atoms with E-state index < -0.39 is 0 Å². The van der Waals surface area contributed by atoms with Gasteiger partial charge in [0.1, 0.15) is 0 Å². The Morgan fingerprint density at radius 1 is 0.833 bits per heavy atom. The molecule has 0 spiro atoms. The van der Waals surface area contributed by atoms with Crippen LogP contribution < -0.4 is 0 Å². The molecule has 2 aliphatic heterocycles. The molecule has 4 aromatic rings. The summed E-state index contributed by atoms with van der Waals surface area (Å²) >= 11 is 5.98. The fourth-order valence-electron chi connectivity index (χ4n) is 5.18. The number of aromatic nitrogens is 1. The van der Waals surface area contributed by atoms with Crippen LogP contribution in [0.15, 0.2) is 84.9 Å². The molecule has 4 heteroatoms. The lowest BCUT2D eigenvalue weighted by Gasteiger charge is -2.38. The Bertz CT molecular complexity index is 1280. The summed E-state index contributed by atoms with van der Waals surface area (Å²) in [6.07, 6.45) is 0.686. The number of benzene rings is 3. The first kappa shape index (κ1) is 17.6. The van der Waals surface area contributed by atoms with E-state index in [2.05, 4.69) is 52.3 Å². The number of thiocarbonyl (C=S) groups is 1. The fourth-order valence-corrected chi connectivity index (χ4v) is 5.67. The van der Waals surface area contributed by atoms with Crippen LogP contribution in [0.3, 0.4) is 0 Å². The Hall–Kier alpha value is -3.24. The van der Waals surface area contributed by atoms with Crippen molar-refractivity contribution < 1.29 is 4.79 Å². The van der Waals surface area contributed by atoms with Gasteiger partial charge in [0, 0.05) is 23.0 Å². The van der Waals surface area contributed by atoms with Crippen LogP contribution in [0.25, 0.3) is 10.9 Å². The van der Waals surface area contributed by atoms with E-state index in [1.807, 2.05) is 42.5 Å². The molecule has 1 fully saturated rings. The summed E-state index contributed by atoms with van der Waals surface area (Å²) in [6.45, 7) is 0. The number of Topliss-reactive ketones (excluding diaryl/α,β-unsaturated/α-hetero) is 1. The lowest BCUT2D eigenvalue weighted by molar-refractivity contribution is -0.121. The fraction of sp³-hybridized carbons (Fsp3) is 0.154. The van der Waals surface area contributed by atoms with Crippen molar-refractivity contribution in [2.45, 2.75) is 24.4 Å². The standard InChI is InChI=1S/C26H20N2OS/c29-25-21-15-19-18-13-7-8-14-20(18)27-23(19)24(17-11-5-2-6-12-17)28(21)26(30)22(25)16-9-3-1-4-10-16/h1-14,21-22,24,27H,15H2/t21-,22-,24-/m0/s1. The molecule has 3 atom stereocenters. The number of hydrogen-bond acceptors (Lipinski definition) is 2. The van der Waals surface area contributed by atoms with Crippen molar-refractivity contribution in [2.75, 3.05) is 0 Å². The van der Waals surface area contributed by atoms with Crippen molar-refractivity contribution in [3.05, 3.63) is 107 Å². The van der Waals surface area contributed by atoms with Crippen molar-refractivity contribution in [3.8, 4) is 0 Å². The number of rotatable bonds is 2. The number of fused-ring (bicyclic) bond motifs is 4. The van der Waals surface area contributed by atoms with Gasteiger partial charge in [-0.25, -0.2) is 0 Å².